The summed E-state index contributed by atoms with van der Waals surface area (Å²) in [6.45, 7) is 1.54. The number of sulfone groups is 1. The minimum atomic E-state index is -2.84. The number of likely N-dealkylation sites (N-methyl/N-ethyl adjacent to an activating group) is 1. The van der Waals surface area contributed by atoms with Crippen molar-refractivity contribution in [2.45, 2.75) is 19.3 Å². The van der Waals surface area contributed by atoms with Gasteiger partial charge in [0.25, 0.3) is 0 Å². The molecule has 3 aromatic rings. The molecule has 1 saturated heterocycles. The first-order chi connectivity index (χ1) is 14.5. The van der Waals surface area contributed by atoms with Gasteiger partial charge >= 0.3 is 0 Å². The summed E-state index contributed by atoms with van der Waals surface area (Å²) in [6, 6.07) is 14.7. The Bertz CT molecular complexity index is 1210. The van der Waals surface area contributed by atoms with Gasteiger partial charge in [-0.05, 0) is 65.3 Å². The minimum Gasteiger partial charge on any atom is -0.494 e. The molecular weight excluding hydrogens is 396 g/mol. The van der Waals surface area contributed by atoms with Gasteiger partial charge in [0.15, 0.2) is 9.84 Å². The van der Waals surface area contributed by atoms with Crippen molar-refractivity contribution in [3.05, 3.63) is 54.2 Å². The first kappa shape index (κ1) is 19.4. The van der Waals surface area contributed by atoms with E-state index < -0.39 is 9.84 Å². The first-order valence-electron chi connectivity index (χ1n) is 10.5. The summed E-state index contributed by atoms with van der Waals surface area (Å²) in [6.07, 6.45) is 4.50. The summed E-state index contributed by atoms with van der Waals surface area (Å²) in [5.41, 5.74) is 3.51. The predicted octanol–water partition coefficient (Wildman–Crippen LogP) is 4.10. The normalized spacial score (nSPS) is 19.9. The lowest BCUT2D eigenvalue weighted by molar-refractivity contribution is 0.286. The molecule has 6 heteroatoms. The molecule has 0 radical (unpaired) electrons. The second-order valence-electron chi connectivity index (χ2n) is 8.48. The third kappa shape index (κ3) is 3.76. The first-order valence-corrected chi connectivity index (χ1v) is 12.4. The van der Waals surface area contributed by atoms with Gasteiger partial charge in [-0.3, -0.25) is 0 Å². The molecule has 2 aromatic carbocycles. The molecule has 1 aromatic heterocycles. The van der Waals surface area contributed by atoms with E-state index in [4.69, 9.17) is 9.72 Å². The quantitative estimate of drug-likeness (QED) is 0.620. The van der Waals surface area contributed by atoms with Crippen LogP contribution < -0.4 is 9.64 Å². The van der Waals surface area contributed by atoms with Crippen LogP contribution >= 0.6 is 0 Å². The Morgan fingerprint density at radius 2 is 2.07 bits per heavy atom. The number of aromatic nitrogens is 1. The van der Waals surface area contributed by atoms with Crippen LogP contribution in [0.15, 0.2) is 48.7 Å². The number of nitrogens with zero attached hydrogens (tertiary/aromatic N) is 2. The lowest BCUT2D eigenvalue weighted by Crippen LogP contribution is -2.13. The zero-order chi connectivity index (χ0) is 20.7. The second-order valence-corrected chi connectivity index (χ2v) is 10.7. The average molecular weight is 423 g/mol. The van der Waals surface area contributed by atoms with Gasteiger partial charge < -0.3 is 9.64 Å². The Hall–Kier alpha value is -2.60. The monoisotopic (exact) mass is 422 g/mol. The number of fused-ring (bicyclic) bond motifs is 2. The van der Waals surface area contributed by atoms with Crippen LogP contribution in [0.1, 0.15) is 18.4 Å². The van der Waals surface area contributed by atoms with Crippen molar-refractivity contribution >= 4 is 26.4 Å². The maximum absolute atomic E-state index is 11.7. The van der Waals surface area contributed by atoms with E-state index in [1.807, 2.05) is 12.3 Å². The number of hydrogen-bond donors (Lipinski definition) is 0. The molecular formula is C24H26N2O3S. The summed E-state index contributed by atoms with van der Waals surface area (Å²) >= 11 is 0. The van der Waals surface area contributed by atoms with Gasteiger partial charge in [0.05, 0.1) is 18.1 Å². The van der Waals surface area contributed by atoms with Crippen LogP contribution in [0.5, 0.6) is 5.75 Å². The fourth-order valence-corrected chi connectivity index (χ4v) is 6.53. The van der Waals surface area contributed by atoms with Crippen LogP contribution in [0, 0.1) is 5.92 Å². The fraction of sp³-hybridized carbons (Fsp3) is 0.375. The lowest BCUT2D eigenvalue weighted by Gasteiger charge is -2.14. The van der Waals surface area contributed by atoms with Crippen LogP contribution in [0.4, 0.5) is 5.82 Å². The van der Waals surface area contributed by atoms with Crippen molar-refractivity contribution in [3.8, 4) is 16.9 Å². The number of ether oxygens (including phenoxy) is 1. The summed E-state index contributed by atoms with van der Waals surface area (Å²) in [5, 5.41) is 2.31. The van der Waals surface area contributed by atoms with E-state index in [2.05, 4.69) is 48.3 Å². The molecule has 5 nitrogen and oxygen atoms in total. The van der Waals surface area contributed by atoms with Gasteiger partial charge in [-0.1, -0.05) is 24.3 Å². The van der Waals surface area contributed by atoms with E-state index in [1.165, 1.54) is 10.9 Å². The molecule has 30 heavy (non-hydrogen) atoms. The van der Waals surface area contributed by atoms with Crippen molar-refractivity contribution in [2.75, 3.05) is 36.6 Å². The molecule has 1 unspecified atom stereocenters. The number of hydrogen-bond acceptors (Lipinski definition) is 5. The van der Waals surface area contributed by atoms with Crippen LogP contribution in [-0.4, -0.2) is 45.1 Å². The summed E-state index contributed by atoms with van der Waals surface area (Å²) in [7, 11) is -0.756. The van der Waals surface area contributed by atoms with Gasteiger partial charge in [0.1, 0.15) is 11.6 Å². The van der Waals surface area contributed by atoms with Crippen LogP contribution in [0.2, 0.25) is 0 Å². The molecule has 1 atom stereocenters. The number of rotatable bonds is 5. The molecule has 1 fully saturated rings. The van der Waals surface area contributed by atoms with E-state index in [0.29, 0.717) is 18.1 Å². The molecule has 156 valence electrons. The van der Waals surface area contributed by atoms with Crippen molar-refractivity contribution in [1.82, 2.24) is 4.98 Å². The minimum absolute atomic E-state index is 0.216. The van der Waals surface area contributed by atoms with E-state index >= 15 is 0 Å². The molecule has 0 saturated carbocycles. The highest BCUT2D eigenvalue weighted by molar-refractivity contribution is 7.91. The van der Waals surface area contributed by atoms with Crippen molar-refractivity contribution in [1.29, 1.82) is 0 Å². The molecule has 3 heterocycles. The van der Waals surface area contributed by atoms with E-state index in [9.17, 15) is 8.42 Å². The van der Waals surface area contributed by atoms with Crippen molar-refractivity contribution in [2.24, 2.45) is 5.92 Å². The zero-order valence-electron chi connectivity index (χ0n) is 17.2. The second kappa shape index (κ2) is 7.58. The Morgan fingerprint density at radius 3 is 2.90 bits per heavy atom. The summed E-state index contributed by atoms with van der Waals surface area (Å²) < 4.78 is 29.4. The molecule has 0 spiro atoms. The lowest BCUT2D eigenvalue weighted by atomic mass is 9.97. The van der Waals surface area contributed by atoms with Crippen molar-refractivity contribution < 1.29 is 13.2 Å². The van der Waals surface area contributed by atoms with Gasteiger partial charge in [-0.15, -0.1) is 0 Å². The predicted molar refractivity (Wildman–Crippen MR) is 121 cm³/mol. The number of benzene rings is 2. The highest BCUT2D eigenvalue weighted by Gasteiger charge is 2.27. The van der Waals surface area contributed by atoms with Crippen molar-refractivity contribution in [3.63, 3.8) is 0 Å². The van der Waals surface area contributed by atoms with E-state index in [0.717, 1.165) is 53.9 Å². The summed E-state index contributed by atoms with van der Waals surface area (Å²) in [4.78, 5) is 6.90. The third-order valence-electron chi connectivity index (χ3n) is 6.29. The highest BCUT2D eigenvalue weighted by atomic mass is 32.2. The Balaban J connectivity index is 1.42. The maximum Gasteiger partial charge on any atom is 0.150 e. The molecule has 0 N–H and O–H groups in total. The highest BCUT2D eigenvalue weighted by Crippen LogP contribution is 2.36. The number of anilines is 1. The topological polar surface area (TPSA) is 59.5 Å². The van der Waals surface area contributed by atoms with Gasteiger partial charge in [-0.2, -0.15) is 0 Å². The van der Waals surface area contributed by atoms with Gasteiger partial charge in [0, 0.05) is 25.4 Å². The van der Waals surface area contributed by atoms with Gasteiger partial charge in [-0.25, -0.2) is 13.4 Å². The standard InChI is InChI=1S/C24H26N2O3S/c1-26-9-6-19-12-20(15-25-24(19)26)23-14-21(13-18-4-2-3-5-22(18)23)29-10-7-17-8-11-30(27,28)16-17/h2-5,12-15,17H,6-11,16H2,1H3. The van der Waals surface area contributed by atoms with E-state index in [1.54, 1.807) is 0 Å². The molecule has 2 aliphatic heterocycles. The molecule has 0 aliphatic carbocycles. The molecule has 0 amide bonds. The van der Waals surface area contributed by atoms with E-state index in [-0.39, 0.29) is 5.92 Å². The largest absolute Gasteiger partial charge is 0.494 e. The number of pyridine rings is 1. The maximum atomic E-state index is 11.7. The zero-order valence-corrected chi connectivity index (χ0v) is 18.0. The molecule has 2 aliphatic rings. The molecule has 5 rings (SSSR count). The van der Waals surface area contributed by atoms with Gasteiger partial charge in [0.2, 0.25) is 0 Å². The SMILES string of the molecule is CN1CCc2cc(-c3cc(OCCC4CCS(=O)(=O)C4)cc4ccccc34)cnc21. The fourth-order valence-electron chi connectivity index (χ4n) is 4.62. The smallest absolute Gasteiger partial charge is 0.150 e. The Morgan fingerprint density at radius 1 is 1.20 bits per heavy atom. The average Bonchev–Trinajstić information content (AvgIpc) is 3.28. The van der Waals surface area contributed by atoms with Crippen LogP contribution in [0.25, 0.3) is 21.9 Å². The molecule has 0 bridgehead atoms. The van der Waals surface area contributed by atoms with Crippen LogP contribution in [0.3, 0.4) is 0 Å². The third-order valence-corrected chi connectivity index (χ3v) is 8.13. The summed E-state index contributed by atoms with van der Waals surface area (Å²) in [5.74, 6) is 2.73. The Labute approximate surface area is 177 Å². The Kier molecular flexibility index (Phi) is 4.89. The van der Waals surface area contributed by atoms with Crippen LogP contribution in [-0.2, 0) is 16.3 Å².